The van der Waals surface area contributed by atoms with Crippen LogP contribution in [0.25, 0.3) is 0 Å². The first kappa shape index (κ1) is 17.2. The summed E-state index contributed by atoms with van der Waals surface area (Å²) in [7, 11) is -3.38. The van der Waals surface area contributed by atoms with Crippen molar-refractivity contribution in [2.45, 2.75) is 79.0 Å². The summed E-state index contributed by atoms with van der Waals surface area (Å²) in [6.07, 6.45) is 2.14. The fourth-order valence-electron chi connectivity index (χ4n) is 5.02. The highest BCUT2D eigenvalue weighted by molar-refractivity contribution is 7.89. The third-order valence-electron chi connectivity index (χ3n) is 6.17. The zero-order chi connectivity index (χ0) is 16.2. The summed E-state index contributed by atoms with van der Waals surface area (Å²) in [5.74, 6) is 0.537. The second-order valence-electron chi connectivity index (χ2n) is 8.14. The van der Waals surface area contributed by atoms with Gasteiger partial charge in [-0.3, -0.25) is 0 Å². The lowest BCUT2D eigenvalue weighted by molar-refractivity contribution is 0.0141. The van der Waals surface area contributed by atoms with Crippen LogP contribution in [0.15, 0.2) is 0 Å². The van der Waals surface area contributed by atoms with Crippen LogP contribution in [-0.4, -0.2) is 41.8 Å². The van der Waals surface area contributed by atoms with Crippen molar-refractivity contribution in [1.29, 1.82) is 0 Å². The number of hydrogen-bond donors (Lipinski definition) is 1. The van der Waals surface area contributed by atoms with Gasteiger partial charge in [0.15, 0.2) is 0 Å². The minimum Gasteiger partial charge on any atom is -0.392 e. The molecule has 2 rings (SSSR count). The molecule has 0 saturated heterocycles. The highest BCUT2D eigenvalue weighted by Crippen LogP contribution is 2.66. The third kappa shape index (κ3) is 2.45. The molecule has 21 heavy (non-hydrogen) atoms. The lowest BCUT2D eigenvalue weighted by Crippen LogP contribution is -2.51. The number of hydrogen-bond acceptors (Lipinski definition) is 3. The van der Waals surface area contributed by atoms with E-state index in [0.29, 0.717) is 5.92 Å². The first-order chi connectivity index (χ1) is 9.45. The van der Waals surface area contributed by atoms with Crippen LogP contribution in [0.1, 0.15) is 60.8 Å². The van der Waals surface area contributed by atoms with Crippen LogP contribution in [0, 0.1) is 16.7 Å². The largest absolute Gasteiger partial charge is 0.392 e. The van der Waals surface area contributed by atoms with Crippen LogP contribution in [-0.2, 0) is 10.0 Å². The van der Waals surface area contributed by atoms with E-state index in [0.717, 1.165) is 19.3 Å². The van der Waals surface area contributed by atoms with Gasteiger partial charge in [-0.1, -0.05) is 13.8 Å². The molecule has 2 aliphatic rings. The lowest BCUT2D eigenvalue weighted by atomic mass is 9.70. The maximum atomic E-state index is 13.0. The van der Waals surface area contributed by atoms with Crippen molar-refractivity contribution >= 4 is 10.0 Å². The molecule has 0 spiro atoms. The molecular formula is C16H31NO3S. The van der Waals surface area contributed by atoms with E-state index < -0.39 is 21.5 Å². The van der Waals surface area contributed by atoms with Gasteiger partial charge in [-0.05, 0) is 58.3 Å². The number of aliphatic hydroxyl groups is 1. The number of nitrogens with zero attached hydrogens (tertiary/aromatic N) is 1. The van der Waals surface area contributed by atoms with Crippen molar-refractivity contribution in [3.8, 4) is 0 Å². The average molecular weight is 317 g/mol. The van der Waals surface area contributed by atoms with Crippen LogP contribution in [0.4, 0.5) is 0 Å². The molecule has 0 aliphatic heterocycles. The van der Waals surface area contributed by atoms with Gasteiger partial charge in [0.25, 0.3) is 0 Å². The molecule has 4 nitrogen and oxygen atoms in total. The first-order valence-electron chi connectivity index (χ1n) is 8.15. The zero-order valence-electron chi connectivity index (χ0n) is 14.3. The SMILES string of the molecule is CC(C)N(C(C)C)S(=O)(=O)C[C@]12CC[C@H](C[C@H]1O)C2(C)C. The average Bonchev–Trinajstić information content (AvgIpc) is 2.60. The van der Waals surface area contributed by atoms with E-state index in [1.54, 1.807) is 4.31 Å². The molecule has 124 valence electrons. The minimum absolute atomic E-state index is 0.0507. The number of sulfonamides is 1. The summed E-state index contributed by atoms with van der Waals surface area (Å²) in [5.41, 5.74) is -0.572. The van der Waals surface area contributed by atoms with Crippen molar-refractivity contribution in [1.82, 2.24) is 4.31 Å². The predicted octanol–water partition coefficient (Wildman–Crippen LogP) is 2.62. The summed E-state index contributed by atoms with van der Waals surface area (Å²) < 4.78 is 27.6. The predicted molar refractivity (Wildman–Crippen MR) is 85.5 cm³/mol. The van der Waals surface area contributed by atoms with Gasteiger partial charge in [0.05, 0.1) is 11.9 Å². The molecule has 0 unspecified atom stereocenters. The fraction of sp³-hybridized carbons (Fsp3) is 1.00. The van der Waals surface area contributed by atoms with Gasteiger partial charge in [0.2, 0.25) is 10.0 Å². The van der Waals surface area contributed by atoms with E-state index in [2.05, 4.69) is 13.8 Å². The lowest BCUT2D eigenvalue weighted by Gasteiger charge is -2.42. The molecule has 0 aromatic heterocycles. The summed E-state index contributed by atoms with van der Waals surface area (Å²) in [6, 6.07) is -0.101. The Labute approximate surface area is 130 Å². The standard InChI is InChI=1S/C16H31NO3S/c1-11(2)17(12(3)4)21(19,20)10-16-8-7-13(9-14(16)18)15(16,5)6/h11-14,18H,7-10H2,1-6H3/t13-,14-,16-/m1/s1. The van der Waals surface area contributed by atoms with Gasteiger partial charge in [-0.15, -0.1) is 0 Å². The quantitative estimate of drug-likeness (QED) is 0.848. The third-order valence-corrected chi connectivity index (χ3v) is 8.53. The normalized spacial score (nSPS) is 35.3. The topological polar surface area (TPSA) is 57.6 Å². The van der Waals surface area contributed by atoms with Crippen molar-refractivity contribution in [3.05, 3.63) is 0 Å². The second kappa shape index (κ2) is 5.20. The molecule has 0 aromatic rings. The number of rotatable bonds is 5. The number of aliphatic hydroxyl groups excluding tert-OH is 1. The maximum absolute atomic E-state index is 13.0. The van der Waals surface area contributed by atoms with Crippen molar-refractivity contribution in [2.75, 3.05) is 5.75 Å². The second-order valence-corrected chi connectivity index (χ2v) is 10.0. The molecule has 2 aliphatic carbocycles. The molecule has 0 aromatic carbocycles. The Bertz CT molecular complexity index is 490. The van der Waals surface area contributed by atoms with Crippen molar-refractivity contribution < 1.29 is 13.5 Å². The molecule has 2 bridgehead atoms. The van der Waals surface area contributed by atoms with Gasteiger partial charge >= 0.3 is 0 Å². The van der Waals surface area contributed by atoms with Gasteiger partial charge in [-0.2, -0.15) is 4.31 Å². The highest BCUT2D eigenvalue weighted by Gasteiger charge is 2.65. The molecule has 0 radical (unpaired) electrons. The summed E-state index contributed by atoms with van der Waals surface area (Å²) in [4.78, 5) is 0. The van der Waals surface area contributed by atoms with Crippen LogP contribution in [0.5, 0.6) is 0 Å². The van der Waals surface area contributed by atoms with Crippen LogP contribution in [0.3, 0.4) is 0 Å². The Balaban J connectivity index is 2.36. The molecule has 5 heteroatoms. The van der Waals surface area contributed by atoms with Crippen LogP contribution >= 0.6 is 0 Å². The maximum Gasteiger partial charge on any atom is 0.215 e. The Morgan fingerprint density at radius 3 is 2.05 bits per heavy atom. The highest BCUT2D eigenvalue weighted by atomic mass is 32.2. The summed E-state index contributed by atoms with van der Waals surface area (Å²) >= 11 is 0. The Kier molecular flexibility index (Phi) is 4.27. The molecular weight excluding hydrogens is 286 g/mol. The first-order valence-corrected chi connectivity index (χ1v) is 9.76. The van der Waals surface area contributed by atoms with Gasteiger partial charge < -0.3 is 5.11 Å². The van der Waals surface area contributed by atoms with Crippen LogP contribution in [0.2, 0.25) is 0 Å². The van der Waals surface area contributed by atoms with E-state index in [4.69, 9.17) is 0 Å². The van der Waals surface area contributed by atoms with E-state index >= 15 is 0 Å². The monoisotopic (exact) mass is 317 g/mol. The van der Waals surface area contributed by atoms with E-state index in [1.807, 2.05) is 27.7 Å². The van der Waals surface area contributed by atoms with E-state index in [-0.39, 0.29) is 23.3 Å². The summed E-state index contributed by atoms with van der Waals surface area (Å²) in [5, 5.41) is 10.5. The molecule has 1 N–H and O–H groups in total. The molecule has 2 saturated carbocycles. The van der Waals surface area contributed by atoms with Crippen molar-refractivity contribution in [2.24, 2.45) is 16.7 Å². The van der Waals surface area contributed by atoms with E-state index in [1.165, 1.54) is 0 Å². The minimum atomic E-state index is -3.38. The van der Waals surface area contributed by atoms with Gasteiger partial charge in [0.1, 0.15) is 0 Å². The Morgan fingerprint density at radius 1 is 1.19 bits per heavy atom. The Hall–Kier alpha value is -0.130. The smallest absolute Gasteiger partial charge is 0.215 e. The Morgan fingerprint density at radius 2 is 1.71 bits per heavy atom. The molecule has 3 atom stereocenters. The van der Waals surface area contributed by atoms with Gasteiger partial charge in [-0.25, -0.2) is 8.42 Å². The van der Waals surface area contributed by atoms with Crippen molar-refractivity contribution in [3.63, 3.8) is 0 Å². The molecule has 0 heterocycles. The number of fused-ring (bicyclic) bond motifs is 2. The van der Waals surface area contributed by atoms with Crippen LogP contribution < -0.4 is 0 Å². The molecule has 2 fully saturated rings. The van der Waals surface area contributed by atoms with E-state index in [9.17, 15) is 13.5 Å². The fourth-order valence-corrected chi connectivity index (χ4v) is 7.81. The molecule has 0 amide bonds. The zero-order valence-corrected chi connectivity index (χ0v) is 15.1. The van der Waals surface area contributed by atoms with Gasteiger partial charge in [0, 0.05) is 17.5 Å². The summed E-state index contributed by atoms with van der Waals surface area (Å²) in [6.45, 7) is 12.0.